The largest absolute Gasteiger partial charge is 0.497 e. The van der Waals surface area contributed by atoms with Gasteiger partial charge in [-0.25, -0.2) is 9.78 Å². The number of thioether (sulfide) groups is 1. The van der Waals surface area contributed by atoms with E-state index in [1.165, 1.54) is 0 Å². The fourth-order valence-electron chi connectivity index (χ4n) is 2.97. The number of fused-ring (bicyclic) bond motifs is 1. The van der Waals surface area contributed by atoms with E-state index in [9.17, 15) is 14.4 Å². The van der Waals surface area contributed by atoms with Crippen molar-refractivity contribution in [2.24, 2.45) is 5.92 Å². The maximum Gasteiger partial charge on any atom is 0.325 e. The SMILES string of the molecule is COc1ccc(NC(=O)NC(=O)CSc2nc3ccccc3c(=O)n2CCC(C)C)cc1. The van der Waals surface area contributed by atoms with Gasteiger partial charge < -0.3 is 10.1 Å². The molecule has 3 amide bonds. The minimum atomic E-state index is -0.635. The Labute approximate surface area is 190 Å². The predicted molar refractivity (Wildman–Crippen MR) is 126 cm³/mol. The maximum atomic E-state index is 13.0. The molecule has 168 valence electrons. The van der Waals surface area contributed by atoms with Gasteiger partial charge in [-0.3, -0.25) is 19.5 Å². The highest BCUT2D eigenvalue weighted by atomic mass is 32.2. The molecular formula is C23H26N4O4S. The van der Waals surface area contributed by atoms with Crippen LogP contribution in [0.15, 0.2) is 58.5 Å². The van der Waals surface area contributed by atoms with Crippen molar-refractivity contribution in [2.75, 3.05) is 18.2 Å². The van der Waals surface area contributed by atoms with Crippen molar-refractivity contribution in [2.45, 2.75) is 32.0 Å². The van der Waals surface area contributed by atoms with Gasteiger partial charge in [-0.15, -0.1) is 0 Å². The molecule has 2 aromatic carbocycles. The van der Waals surface area contributed by atoms with Crippen molar-refractivity contribution < 1.29 is 14.3 Å². The number of benzene rings is 2. The Balaban J connectivity index is 1.67. The first kappa shape index (κ1) is 23.3. The van der Waals surface area contributed by atoms with E-state index in [1.807, 2.05) is 6.07 Å². The van der Waals surface area contributed by atoms with Crippen LogP contribution in [0.2, 0.25) is 0 Å². The van der Waals surface area contributed by atoms with Gasteiger partial charge in [-0.2, -0.15) is 0 Å². The van der Waals surface area contributed by atoms with Gasteiger partial charge in [0.05, 0.1) is 23.8 Å². The number of rotatable bonds is 8. The van der Waals surface area contributed by atoms with Gasteiger partial charge in [0.2, 0.25) is 5.91 Å². The number of nitrogens with zero attached hydrogens (tertiary/aromatic N) is 2. The van der Waals surface area contributed by atoms with E-state index in [0.717, 1.165) is 18.2 Å². The predicted octanol–water partition coefficient (Wildman–Crippen LogP) is 3.89. The van der Waals surface area contributed by atoms with Gasteiger partial charge in [0.15, 0.2) is 5.16 Å². The number of methoxy groups -OCH3 is 1. The minimum absolute atomic E-state index is 0.0531. The van der Waals surface area contributed by atoms with Crippen molar-refractivity contribution in [3.8, 4) is 5.75 Å². The molecule has 0 unspecified atom stereocenters. The number of carbonyl (C=O) groups excluding carboxylic acids is 2. The van der Waals surface area contributed by atoms with Crippen molar-refractivity contribution in [3.05, 3.63) is 58.9 Å². The molecule has 0 aliphatic carbocycles. The molecule has 3 aromatic rings. The van der Waals surface area contributed by atoms with Gasteiger partial charge in [0.1, 0.15) is 5.75 Å². The summed E-state index contributed by atoms with van der Waals surface area (Å²) in [6.45, 7) is 4.68. The van der Waals surface area contributed by atoms with Gasteiger partial charge in [0, 0.05) is 12.2 Å². The number of nitrogens with one attached hydrogen (secondary N) is 2. The highest BCUT2D eigenvalue weighted by Crippen LogP contribution is 2.19. The van der Waals surface area contributed by atoms with E-state index in [4.69, 9.17) is 4.74 Å². The molecule has 0 radical (unpaired) electrons. The molecule has 1 heterocycles. The van der Waals surface area contributed by atoms with E-state index >= 15 is 0 Å². The summed E-state index contributed by atoms with van der Waals surface area (Å²) >= 11 is 1.13. The van der Waals surface area contributed by atoms with Gasteiger partial charge >= 0.3 is 6.03 Å². The third kappa shape index (κ3) is 6.10. The van der Waals surface area contributed by atoms with Crippen molar-refractivity contribution in [1.29, 1.82) is 0 Å². The number of urea groups is 1. The van der Waals surface area contributed by atoms with Gasteiger partial charge in [-0.1, -0.05) is 37.7 Å². The van der Waals surface area contributed by atoms with Crippen molar-refractivity contribution in [3.63, 3.8) is 0 Å². The van der Waals surface area contributed by atoms with Crippen LogP contribution >= 0.6 is 11.8 Å². The fourth-order valence-corrected chi connectivity index (χ4v) is 3.80. The second-order valence-electron chi connectivity index (χ2n) is 7.57. The smallest absolute Gasteiger partial charge is 0.325 e. The first-order valence-corrected chi connectivity index (χ1v) is 11.2. The molecule has 32 heavy (non-hydrogen) atoms. The second kappa shape index (κ2) is 10.8. The number of ether oxygens (including phenoxy) is 1. The molecule has 3 rings (SSSR count). The standard InChI is InChI=1S/C23H26N4O4S/c1-15(2)12-13-27-21(29)18-6-4-5-7-19(18)25-23(27)32-14-20(28)26-22(30)24-16-8-10-17(31-3)11-9-16/h4-11,15H,12-14H2,1-3H3,(H2,24,26,28,30). The molecule has 1 aromatic heterocycles. The molecule has 0 spiro atoms. The normalized spacial score (nSPS) is 10.9. The van der Waals surface area contributed by atoms with E-state index in [1.54, 1.807) is 54.1 Å². The average molecular weight is 455 g/mol. The van der Waals surface area contributed by atoms with Crippen molar-refractivity contribution >= 4 is 40.3 Å². The van der Waals surface area contributed by atoms with Crippen LogP contribution in [0.3, 0.4) is 0 Å². The number of para-hydroxylation sites is 1. The summed E-state index contributed by atoms with van der Waals surface area (Å²) in [5.74, 6) is 0.535. The Morgan fingerprint density at radius 1 is 1.12 bits per heavy atom. The molecule has 0 atom stereocenters. The quantitative estimate of drug-likeness (QED) is 0.395. The highest BCUT2D eigenvalue weighted by molar-refractivity contribution is 7.99. The number of anilines is 1. The lowest BCUT2D eigenvalue weighted by molar-refractivity contribution is -0.117. The zero-order valence-corrected chi connectivity index (χ0v) is 19.1. The van der Waals surface area contributed by atoms with Gasteiger partial charge in [-0.05, 0) is 48.7 Å². The van der Waals surface area contributed by atoms with Crippen LogP contribution in [0.4, 0.5) is 10.5 Å². The number of carbonyl (C=O) groups is 2. The highest BCUT2D eigenvalue weighted by Gasteiger charge is 2.15. The first-order valence-electron chi connectivity index (χ1n) is 10.2. The van der Waals surface area contributed by atoms with E-state index in [2.05, 4.69) is 29.5 Å². The summed E-state index contributed by atoms with van der Waals surface area (Å²) < 4.78 is 6.68. The monoisotopic (exact) mass is 454 g/mol. The number of amides is 3. The number of aromatic nitrogens is 2. The van der Waals surface area contributed by atoms with Gasteiger partial charge in [0.25, 0.3) is 5.56 Å². The maximum absolute atomic E-state index is 13.0. The van der Waals surface area contributed by atoms with Crippen LogP contribution in [0.25, 0.3) is 10.9 Å². The third-order valence-corrected chi connectivity index (χ3v) is 5.67. The lowest BCUT2D eigenvalue weighted by atomic mass is 10.1. The zero-order chi connectivity index (χ0) is 23.1. The summed E-state index contributed by atoms with van der Waals surface area (Å²) in [6.07, 6.45) is 0.809. The number of hydrogen-bond donors (Lipinski definition) is 2. The Morgan fingerprint density at radius 3 is 2.53 bits per heavy atom. The van der Waals surface area contributed by atoms with Crippen molar-refractivity contribution in [1.82, 2.24) is 14.9 Å². The molecule has 0 fully saturated rings. The molecule has 0 saturated heterocycles. The summed E-state index contributed by atoms with van der Waals surface area (Å²) in [4.78, 5) is 42.0. The third-order valence-electron chi connectivity index (χ3n) is 4.69. The topological polar surface area (TPSA) is 102 Å². The van der Waals surface area contributed by atoms with Crippen LogP contribution < -0.4 is 20.9 Å². The average Bonchev–Trinajstić information content (AvgIpc) is 2.77. The summed E-state index contributed by atoms with van der Waals surface area (Å²) in [6, 6.07) is 13.3. The van der Waals surface area contributed by atoms with Crippen LogP contribution in [-0.4, -0.2) is 34.4 Å². The van der Waals surface area contributed by atoms with E-state index < -0.39 is 11.9 Å². The lowest BCUT2D eigenvalue weighted by Gasteiger charge is -2.14. The number of hydrogen-bond acceptors (Lipinski definition) is 6. The second-order valence-corrected chi connectivity index (χ2v) is 8.51. The van der Waals surface area contributed by atoms with Crippen LogP contribution in [0.5, 0.6) is 5.75 Å². The van der Waals surface area contributed by atoms with Crippen LogP contribution in [-0.2, 0) is 11.3 Å². The summed E-state index contributed by atoms with van der Waals surface area (Å²) in [7, 11) is 1.55. The Kier molecular flexibility index (Phi) is 7.88. The van der Waals surface area contributed by atoms with Crippen LogP contribution in [0, 0.1) is 5.92 Å². The first-order chi connectivity index (χ1) is 15.4. The molecule has 0 saturated carbocycles. The molecule has 8 nitrogen and oxygen atoms in total. The zero-order valence-electron chi connectivity index (χ0n) is 18.3. The molecule has 0 bridgehead atoms. The summed E-state index contributed by atoms with van der Waals surface area (Å²) in [5, 5.41) is 5.89. The number of imide groups is 1. The fraction of sp³-hybridized carbons (Fsp3) is 0.304. The molecule has 9 heteroatoms. The molecule has 0 aliphatic heterocycles. The minimum Gasteiger partial charge on any atom is -0.497 e. The van der Waals surface area contributed by atoms with E-state index in [0.29, 0.717) is 40.0 Å². The Bertz CT molecular complexity index is 1160. The van der Waals surface area contributed by atoms with E-state index in [-0.39, 0.29) is 11.3 Å². The Hall–Kier alpha value is -3.33. The van der Waals surface area contributed by atoms with Crippen LogP contribution in [0.1, 0.15) is 20.3 Å². The molecule has 0 aliphatic rings. The lowest BCUT2D eigenvalue weighted by Crippen LogP contribution is -2.35. The summed E-state index contributed by atoms with van der Waals surface area (Å²) in [5.41, 5.74) is 0.984. The molecule has 2 N–H and O–H groups in total. The Morgan fingerprint density at radius 2 is 1.84 bits per heavy atom. The molecular weight excluding hydrogens is 428 g/mol.